The number of likely N-dealkylation sites (tertiary alicyclic amines) is 1. The van der Waals surface area contributed by atoms with Gasteiger partial charge in [-0.15, -0.1) is 0 Å². The van der Waals surface area contributed by atoms with E-state index < -0.39 is 0 Å². The quantitative estimate of drug-likeness (QED) is 0.660. The third-order valence-electron chi connectivity index (χ3n) is 6.06. The van der Waals surface area contributed by atoms with E-state index in [1.807, 2.05) is 30.5 Å². The van der Waals surface area contributed by atoms with E-state index >= 15 is 0 Å². The van der Waals surface area contributed by atoms with Gasteiger partial charge in [0.1, 0.15) is 0 Å². The summed E-state index contributed by atoms with van der Waals surface area (Å²) < 4.78 is 5.70. The van der Waals surface area contributed by atoms with Gasteiger partial charge in [0.2, 0.25) is 11.7 Å². The van der Waals surface area contributed by atoms with Crippen LogP contribution < -0.4 is 0 Å². The Morgan fingerprint density at radius 1 is 0.893 bits per heavy atom. The smallest absolute Gasteiger partial charge is 0.244 e. The molecule has 1 aliphatic carbocycles. The summed E-state index contributed by atoms with van der Waals surface area (Å²) >= 11 is 0. The molecule has 144 valence electrons. The molecular formula is C22H25N5O. The highest BCUT2D eigenvalue weighted by atomic mass is 16.5. The topological polar surface area (TPSA) is 67.9 Å². The molecule has 28 heavy (non-hydrogen) atoms. The van der Waals surface area contributed by atoms with E-state index in [1.54, 1.807) is 12.4 Å². The summed E-state index contributed by atoms with van der Waals surface area (Å²) in [5.74, 6) is 1.38. The number of hydrogen-bond acceptors (Lipinski definition) is 6. The highest BCUT2D eigenvalue weighted by molar-refractivity contribution is 5.62. The molecule has 6 nitrogen and oxygen atoms in total. The lowest BCUT2D eigenvalue weighted by atomic mass is 9.94. The Labute approximate surface area is 165 Å². The van der Waals surface area contributed by atoms with Crippen LogP contribution in [0.5, 0.6) is 0 Å². The van der Waals surface area contributed by atoms with E-state index in [1.165, 1.54) is 38.5 Å². The van der Waals surface area contributed by atoms with Gasteiger partial charge >= 0.3 is 0 Å². The molecule has 6 heteroatoms. The predicted octanol–water partition coefficient (Wildman–Crippen LogP) is 4.66. The zero-order valence-electron chi connectivity index (χ0n) is 16.0. The van der Waals surface area contributed by atoms with E-state index in [4.69, 9.17) is 9.51 Å². The number of aromatic nitrogens is 4. The van der Waals surface area contributed by atoms with Crippen molar-refractivity contribution in [2.45, 2.75) is 57.0 Å². The van der Waals surface area contributed by atoms with Gasteiger partial charge in [-0.3, -0.25) is 14.9 Å². The minimum Gasteiger partial charge on any atom is -0.337 e. The Kier molecular flexibility index (Phi) is 4.87. The molecule has 4 heterocycles. The summed E-state index contributed by atoms with van der Waals surface area (Å²) in [5, 5.41) is 4.25. The summed E-state index contributed by atoms with van der Waals surface area (Å²) in [6.45, 7) is 1.15. The van der Waals surface area contributed by atoms with Crippen LogP contribution >= 0.6 is 0 Å². The molecule has 2 aliphatic rings. The molecule has 5 rings (SSSR count). The van der Waals surface area contributed by atoms with Gasteiger partial charge in [0.15, 0.2) is 0 Å². The molecular weight excluding hydrogens is 350 g/mol. The number of rotatable bonds is 4. The molecule has 0 aromatic carbocycles. The molecule has 1 saturated heterocycles. The average molecular weight is 375 g/mol. The molecule has 3 aromatic rings. The van der Waals surface area contributed by atoms with Gasteiger partial charge < -0.3 is 4.52 Å². The van der Waals surface area contributed by atoms with Crippen LogP contribution in [0.4, 0.5) is 0 Å². The van der Waals surface area contributed by atoms with E-state index in [0.29, 0.717) is 11.9 Å². The lowest BCUT2D eigenvalue weighted by Gasteiger charge is -2.34. The minimum absolute atomic E-state index is 0.272. The van der Waals surface area contributed by atoms with Crippen LogP contribution in [0.15, 0.2) is 47.4 Å². The van der Waals surface area contributed by atoms with Crippen molar-refractivity contribution >= 4 is 0 Å². The van der Waals surface area contributed by atoms with Crippen LogP contribution in [0.1, 0.15) is 56.9 Å². The van der Waals surface area contributed by atoms with Crippen LogP contribution in [0.2, 0.25) is 0 Å². The molecule has 3 aromatic heterocycles. The maximum Gasteiger partial charge on any atom is 0.244 e. The van der Waals surface area contributed by atoms with Crippen LogP contribution in [0.25, 0.3) is 22.6 Å². The van der Waals surface area contributed by atoms with Crippen LogP contribution in [-0.2, 0) is 0 Å². The highest BCUT2D eigenvalue weighted by Gasteiger charge is 2.35. The van der Waals surface area contributed by atoms with Crippen LogP contribution in [0, 0.1) is 0 Å². The fraction of sp³-hybridized carbons (Fsp3) is 0.455. The first kappa shape index (κ1) is 17.5. The van der Waals surface area contributed by atoms with Crippen LogP contribution in [-0.4, -0.2) is 37.6 Å². The van der Waals surface area contributed by atoms with Crippen molar-refractivity contribution in [1.29, 1.82) is 0 Å². The third kappa shape index (κ3) is 3.44. The third-order valence-corrected chi connectivity index (χ3v) is 6.06. The molecule has 1 aliphatic heterocycles. The van der Waals surface area contributed by atoms with Gasteiger partial charge in [0, 0.05) is 35.8 Å². The molecule has 0 N–H and O–H groups in total. The lowest BCUT2D eigenvalue weighted by molar-refractivity contribution is 0.121. The average Bonchev–Trinajstić information content (AvgIpc) is 3.45. The van der Waals surface area contributed by atoms with Crippen molar-refractivity contribution in [1.82, 2.24) is 25.0 Å². The maximum absolute atomic E-state index is 5.70. The van der Waals surface area contributed by atoms with Gasteiger partial charge in [-0.25, -0.2) is 0 Å². The predicted molar refractivity (Wildman–Crippen MR) is 106 cm³/mol. The summed E-state index contributed by atoms with van der Waals surface area (Å²) in [4.78, 5) is 16.0. The number of hydrogen-bond donors (Lipinski definition) is 0. The zero-order chi connectivity index (χ0) is 18.8. The second-order valence-corrected chi connectivity index (χ2v) is 7.81. The first-order valence-corrected chi connectivity index (χ1v) is 10.3. The maximum atomic E-state index is 5.70. The Morgan fingerprint density at radius 2 is 1.75 bits per heavy atom. The molecule has 1 saturated carbocycles. The van der Waals surface area contributed by atoms with Crippen molar-refractivity contribution in [2.24, 2.45) is 0 Å². The van der Waals surface area contributed by atoms with Gasteiger partial charge in [-0.1, -0.05) is 24.4 Å². The first-order valence-electron chi connectivity index (χ1n) is 10.3. The Hall–Kier alpha value is -2.60. The van der Waals surface area contributed by atoms with Gasteiger partial charge in [-0.05, 0) is 56.5 Å². The summed E-state index contributed by atoms with van der Waals surface area (Å²) in [5.41, 5.74) is 2.84. The highest BCUT2D eigenvalue weighted by Crippen LogP contribution is 2.37. The normalized spacial score (nSPS) is 21.2. The largest absolute Gasteiger partial charge is 0.337 e. The van der Waals surface area contributed by atoms with Crippen molar-refractivity contribution in [2.75, 3.05) is 6.54 Å². The lowest BCUT2D eigenvalue weighted by Crippen LogP contribution is -2.36. The standard InChI is InChI=1S/C22H25N5O/c1-2-5-18(6-3-1)27-14-4-7-20(27)22-25-21(26-28-22)17-8-9-19(24-15-17)16-10-12-23-13-11-16/h8-13,15,18,20H,1-7,14H2. The van der Waals surface area contributed by atoms with Gasteiger partial charge in [0.05, 0.1) is 11.7 Å². The summed E-state index contributed by atoms with van der Waals surface area (Å²) in [6.07, 6.45) is 14.4. The second-order valence-electron chi connectivity index (χ2n) is 7.81. The molecule has 0 spiro atoms. The second kappa shape index (κ2) is 7.80. The summed E-state index contributed by atoms with van der Waals surface area (Å²) in [7, 11) is 0. The fourth-order valence-corrected chi connectivity index (χ4v) is 4.61. The number of pyridine rings is 2. The first-order chi connectivity index (χ1) is 13.9. The van der Waals surface area contributed by atoms with Crippen molar-refractivity contribution in [3.8, 4) is 22.6 Å². The van der Waals surface area contributed by atoms with Crippen LogP contribution in [0.3, 0.4) is 0 Å². The molecule has 0 radical (unpaired) electrons. The van der Waals surface area contributed by atoms with Crippen molar-refractivity contribution in [3.05, 3.63) is 48.7 Å². The molecule has 0 bridgehead atoms. The fourth-order valence-electron chi connectivity index (χ4n) is 4.61. The van der Waals surface area contributed by atoms with E-state index in [0.717, 1.165) is 35.7 Å². The van der Waals surface area contributed by atoms with E-state index in [9.17, 15) is 0 Å². The van der Waals surface area contributed by atoms with E-state index in [2.05, 4.69) is 20.0 Å². The molecule has 1 atom stereocenters. The monoisotopic (exact) mass is 375 g/mol. The van der Waals surface area contributed by atoms with Gasteiger partial charge in [-0.2, -0.15) is 4.98 Å². The van der Waals surface area contributed by atoms with Crippen molar-refractivity contribution in [3.63, 3.8) is 0 Å². The Bertz CT molecular complexity index is 902. The van der Waals surface area contributed by atoms with E-state index in [-0.39, 0.29) is 6.04 Å². The SMILES string of the molecule is c1cc(-c2ccc(-c3noc(C4CCCN4C4CCCCC4)n3)cn2)ccn1. The van der Waals surface area contributed by atoms with Crippen molar-refractivity contribution < 1.29 is 4.52 Å². The summed E-state index contributed by atoms with van der Waals surface area (Å²) in [6, 6.07) is 8.85. The molecule has 1 unspecified atom stereocenters. The number of nitrogens with zero attached hydrogens (tertiary/aromatic N) is 5. The molecule has 2 fully saturated rings. The Morgan fingerprint density at radius 3 is 2.54 bits per heavy atom. The molecule has 0 amide bonds. The minimum atomic E-state index is 0.272. The zero-order valence-corrected chi connectivity index (χ0v) is 16.0. The Balaban J connectivity index is 1.34. The van der Waals surface area contributed by atoms with Gasteiger partial charge in [0.25, 0.3) is 0 Å².